The highest BCUT2D eigenvalue weighted by atomic mass is 32.1. The Kier molecular flexibility index (Phi) is 4.31. The third kappa shape index (κ3) is 2.80. The molecule has 0 radical (unpaired) electrons. The number of carbonyl (C=O) groups is 2. The van der Waals surface area contributed by atoms with E-state index in [0.717, 1.165) is 11.3 Å². The summed E-state index contributed by atoms with van der Waals surface area (Å²) >= 11 is 1.09. The Hall–Kier alpha value is -3.33. The molecule has 0 fully saturated rings. The Balaban J connectivity index is 1.89. The minimum atomic E-state index is -0.969. The van der Waals surface area contributed by atoms with Crippen LogP contribution in [0.2, 0.25) is 0 Å². The molecule has 28 heavy (non-hydrogen) atoms. The van der Waals surface area contributed by atoms with Crippen LogP contribution in [0.1, 0.15) is 33.5 Å². The number of aliphatic hydroxyl groups is 1. The molecule has 2 aromatic heterocycles. The topological polar surface area (TPSA) is 96.5 Å². The highest BCUT2D eigenvalue weighted by Gasteiger charge is 2.46. The van der Waals surface area contributed by atoms with Crippen molar-refractivity contribution < 1.29 is 23.5 Å². The van der Waals surface area contributed by atoms with Gasteiger partial charge in [0.25, 0.3) is 5.91 Å². The summed E-state index contributed by atoms with van der Waals surface area (Å²) in [5.41, 5.74) is 2.02. The van der Waals surface area contributed by atoms with Crippen LogP contribution in [-0.4, -0.2) is 27.0 Å². The van der Waals surface area contributed by atoms with Crippen LogP contribution in [0.15, 0.2) is 51.6 Å². The molecule has 1 aromatic carbocycles. The zero-order chi connectivity index (χ0) is 20.0. The van der Waals surface area contributed by atoms with Crippen molar-refractivity contribution in [1.29, 1.82) is 0 Å². The number of rotatable bonds is 4. The number of ketones is 1. The third-order valence-electron chi connectivity index (χ3n) is 4.48. The molecule has 0 bridgehead atoms. The standard InChI is InChI=1S/C19H14FN3O4S/c1-9-7-13(10(2)27-9)16(24)14-15(11-3-5-12(20)6-4-11)23(18(26)17(14)25)19-22-21-8-28-19/h3-8,15,25H,1-2H3. The molecule has 0 saturated heterocycles. The van der Waals surface area contributed by atoms with Gasteiger partial charge in [-0.1, -0.05) is 23.5 Å². The maximum Gasteiger partial charge on any atom is 0.296 e. The summed E-state index contributed by atoms with van der Waals surface area (Å²) in [5, 5.41) is 18.4. The van der Waals surface area contributed by atoms with Crippen LogP contribution in [0.5, 0.6) is 0 Å². The maximum absolute atomic E-state index is 13.4. The lowest BCUT2D eigenvalue weighted by atomic mass is 9.93. The second-order valence-electron chi connectivity index (χ2n) is 6.27. The van der Waals surface area contributed by atoms with Crippen LogP contribution in [0.3, 0.4) is 0 Å². The number of aryl methyl sites for hydroxylation is 2. The lowest BCUT2D eigenvalue weighted by Crippen LogP contribution is -2.31. The molecule has 0 spiro atoms. The number of hydrogen-bond donors (Lipinski definition) is 1. The first-order valence-corrected chi connectivity index (χ1v) is 9.16. The van der Waals surface area contributed by atoms with Gasteiger partial charge in [0.15, 0.2) is 11.5 Å². The predicted octanol–water partition coefficient (Wildman–Crippen LogP) is 3.67. The van der Waals surface area contributed by atoms with Crippen LogP contribution in [0.25, 0.3) is 0 Å². The Labute approximate surface area is 162 Å². The molecule has 9 heteroatoms. The number of aliphatic hydroxyl groups excluding tert-OH is 1. The van der Waals surface area contributed by atoms with Gasteiger partial charge in [-0.05, 0) is 37.6 Å². The van der Waals surface area contributed by atoms with E-state index in [0.29, 0.717) is 17.1 Å². The number of furan rings is 1. The van der Waals surface area contributed by atoms with E-state index in [1.54, 1.807) is 19.9 Å². The number of Topliss-reactive ketones (excluding diaryl/α,β-unsaturated/α-hetero) is 1. The van der Waals surface area contributed by atoms with Crippen LogP contribution in [0.4, 0.5) is 9.52 Å². The van der Waals surface area contributed by atoms with E-state index < -0.39 is 29.3 Å². The molecule has 7 nitrogen and oxygen atoms in total. The van der Waals surface area contributed by atoms with Crippen molar-refractivity contribution in [1.82, 2.24) is 10.2 Å². The van der Waals surface area contributed by atoms with Gasteiger partial charge in [-0.2, -0.15) is 0 Å². The average Bonchev–Trinajstić information content (AvgIpc) is 3.35. The number of benzene rings is 1. The summed E-state index contributed by atoms with van der Waals surface area (Å²) in [5.74, 6) is -1.54. The zero-order valence-corrected chi connectivity index (χ0v) is 15.7. The summed E-state index contributed by atoms with van der Waals surface area (Å²) in [6.07, 6.45) is 0. The van der Waals surface area contributed by atoms with Gasteiger partial charge >= 0.3 is 0 Å². The van der Waals surface area contributed by atoms with Crippen molar-refractivity contribution in [3.05, 3.63) is 75.6 Å². The number of amides is 1. The minimum Gasteiger partial charge on any atom is -0.503 e. The first-order chi connectivity index (χ1) is 13.4. The van der Waals surface area contributed by atoms with Gasteiger partial charge < -0.3 is 9.52 Å². The molecule has 1 aliphatic heterocycles. The first kappa shape index (κ1) is 18.1. The lowest BCUT2D eigenvalue weighted by Gasteiger charge is -2.24. The van der Waals surface area contributed by atoms with E-state index in [1.165, 1.54) is 34.7 Å². The number of hydrogen-bond acceptors (Lipinski definition) is 7. The lowest BCUT2D eigenvalue weighted by molar-refractivity contribution is -0.117. The fourth-order valence-electron chi connectivity index (χ4n) is 3.27. The van der Waals surface area contributed by atoms with Gasteiger partial charge in [0, 0.05) is 0 Å². The molecule has 142 valence electrons. The van der Waals surface area contributed by atoms with Crippen molar-refractivity contribution >= 4 is 28.2 Å². The fraction of sp³-hybridized carbons (Fsp3) is 0.158. The predicted molar refractivity (Wildman–Crippen MR) is 98.7 cm³/mol. The van der Waals surface area contributed by atoms with Crippen LogP contribution >= 0.6 is 11.3 Å². The van der Waals surface area contributed by atoms with E-state index in [1.807, 2.05) is 0 Å². The third-order valence-corrected chi connectivity index (χ3v) is 5.17. The second kappa shape index (κ2) is 6.68. The number of halogens is 1. The Morgan fingerprint density at radius 3 is 2.57 bits per heavy atom. The SMILES string of the molecule is Cc1cc(C(=O)C2=C(O)C(=O)N(c3nncs3)C2c2ccc(F)cc2)c(C)o1. The van der Waals surface area contributed by atoms with Crippen molar-refractivity contribution in [3.63, 3.8) is 0 Å². The van der Waals surface area contributed by atoms with E-state index >= 15 is 0 Å². The molecule has 0 saturated carbocycles. The van der Waals surface area contributed by atoms with Gasteiger partial charge in [-0.25, -0.2) is 4.39 Å². The molecule has 1 N–H and O–H groups in total. The van der Waals surface area contributed by atoms with Gasteiger partial charge in [0.2, 0.25) is 5.13 Å². The van der Waals surface area contributed by atoms with Gasteiger partial charge in [0.05, 0.1) is 17.2 Å². The summed E-state index contributed by atoms with van der Waals surface area (Å²) in [4.78, 5) is 27.2. The maximum atomic E-state index is 13.4. The van der Waals surface area contributed by atoms with Crippen molar-refractivity contribution in [2.75, 3.05) is 4.90 Å². The van der Waals surface area contributed by atoms with Crippen LogP contribution in [-0.2, 0) is 4.79 Å². The highest BCUT2D eigenvalue weighted by Crippen LogP contribution is 2.42. The van der Waals surface area contributed by atoms with Crippen LogP contribution < -0.4 is 4.90 Å². The summed E-state index contributed by atoms with van der Waals surface area (Å²) in [6, 6.07) is 5.95. The number of nitrogens with zero attached hydrogens (tertiary/aromatic N) is 3. The molecule has 1 atom stereocenters. The molecular weight excluding hydrogens is 385 g/mol. The van der Waals surface area contributed by atoms with E-state index in [2.05, 4.69) is 10.2 Å². The Bertz CT molecular complexity index is 1100. The van der Waals surface area contributed by atoms with Crippen molar-refractivity contribution in [2.45, 2.75) is 19.9 Å². The Morgan fingerprint density at radius 1 is 1.29 bits per heavy atom. The normalized spacial score (nSPS) is 16.9. The second-order valence-corrected chi connectivity index (χ2v) is 7.08. The summed E-state index contributed by atoms with van der Waals surface area (Å²) in [6.45, 7) is 3.33. The largest absolute Gasteiger partial charge is 0.503 e. The number of aromatic nitrogens is 2. The smallest absolute Gasteiger partial charge is 0.296 e. The number of carbonyl (C=O) groups excluding carboxylic acids is 2. The quantitative estimate of drug-likeness (QED) is 0.673. The molecule has 1 amide bonds. The number of anilines is 1. The van der Waals surface area contributed by atoms with Crippen molar-refractivity contribution in [2.24, 2.45) is 0 Å². The van der Waals surface area contributed by atoms with Gasteiger partial charge in [0.1, 0.15) is 22.8 Å². The highest BCUT2D eigenvalue weighted by molar-refractivity contribution is 7.13. The molecule has 3 aromatic rings. The van der Waals surface area contributed by atoms with E-state index in [-0.39, 0.29) is 16.3 Å². The zero-order valence-electron chi connectivity index (χ0n) is 14.8. The monoisotopic (exact) mass is 399 g/mol. The Morgan fingerprint density at radius 2 is 2.00 bits per heavy atom. The summed E-state index contributed by atoms with van der Waals surface area (Å²) < 4.78 is 18.9. The molecule has 4 rings (SSSR count). The van der Waals surface area contributed by atoms with E-state index in [4.69, 9.17) is 4.42 Å². The van der Waals surface area contributed by atoms with E-state index in [9.17, 15) is 19.1 Å². The molecule has 0 aliphatic carbocycles. The summed E-state index contributed by atoms with van der Waals surface area (Å²) in [7, 11) is 0. The van der Waals surface area contributed by atoms with Crippen LogP contribution in [0, 0.1) is 19.7 Å². The molecule has 1 unspecified atom stereocenters. The molecule has 3 heterocycles. The fourth-order valence-corrected chi connectivity index (χ4v) is 3.85. The van der Waals surface area contributed by atoms with Gasteiger partial charge in [-0.15, -0.1) is 10.2 Å². The first-order valence-electron chi connectivity index (χ1n) is 8.28. The minimum absolute atomic E-state index is 0.115. The molecule has 1 aliphatic rings. The van der Waals surface area contributed by atoms with Crippen molar-refractivity contribution in [3.8, 4) is 0 Å². The molecular formula is C19H14FN3O4S. The van der Waals surface area contributed by atoms with Gasteiger partial charge in [-0.3, -0.25) is 14.5 Å². The average molecular weight is 399 g/mol.